The fraction of sp³-hybridized carbons (Fsp3) is 0.143. The SMILES string of the molecule is Cc1cccc(/C=N/NC(=O)c2cc(C)n(-c3ccccc3)c2C)c1. The van der Waals surface area contributed by atoms with Crippen LogP contribution in [0.5, 0.6) is 0 Å². The zero-order valence-electron chi connectivity index (χ0n) is 14.7. The quantitative estimate of drug-likeness (QED) is 0.566. The molecule has 0 fully saturated rings. The molecule has 25 heavy (non-hydrogen) atoms. The van der Waals surface area contributed by atoms with E-state index in [0.29, 0.717) is 5.56 Å². The maximum atomic E-state index is 12.5. The number of hydrazone groups is 1. The first kappa shape index (κ1) is 16.7. The van der Waals surface area contributed by atoms with E-state index in [-0.39, 0.29) is 5.91 Å². The maximum Gasteiger partial charge on any atom is 0.273 e. The van der Waals surface area contributed by atoms with Crippen LogP contribution in [0.4, 0.5) is 0 Å². The predicted molar refractivity (Wildman–Crippen MR) is 101 cm³/mol. The third-order valence-electron chi connectivity index (χ3n) is 4.11. The first-order valence-electron chi connectivity index (χ1n) is 8.20. The number of carbonyl (C=O) groups excluding carboxylic acids is 1. The van der Waals surface area contributed by atoms with E-state index in [9.17, 15) is 4.79 Å². The second-order valence-electron chi connectivity index (χ2n) is 6.07. The van der Waals surface area contributed by atoms with Crippen LogP contribution in [0.15, 0.2) is 65.8 Å². The van der Waals surface area contributed by atoms with Crippen molar-refractivity contribution in [1.82, 2.24) is 9.99 Å². The molecule has 1 aromatic heterocycles. The fourth-order valence-electron chi connectivity index (χ4n) is 2.94. The van der Waals surface area contributed by atoms with Gasteiger partial charge in [0.15, 0.2) is 0 Å². The van der Waals surface area contributed by atoms with Crippen LogP contribution < -0.4 is 5.43 Å². The number of nitrogens with zero attached hydrogens (tertiary/aromatic N) is 2. The van der Waals surface area contributed by atoms with Crippen LogP contribution in [0.25, 0.3) is 5.69 Å². The van der Waals surface area contributed by atoms with Crippen molar-refractivity contribution >= 4 is 12.1 Å². The number of para-hydroxylation sites is 1. The standard InChI is InChI=1S/C21H21N3O/c1-15-8-7-9-18(12-15)14-22-23-21(25)20-13-16(2)24(17(20)3)19-10-5-4-6-11-19/h4-14H,1-3H3,(H,23,25)/b22-14+. The summed E-state index contributed by atoms with van der Waals surface area (Å²) in [5.74, 6) is -0.209. The number of rotatable bonds is 4. The Kier molecular flexibility index (Phi) is 4.80. The van der Waals surface area contributed by atoms with Gasteiger partial charge in [-0.15, -0.1) is 0 Å². The van der Waals surface area contributed by atoms with Gasteiger partial charge in [0.1, 0.15) is 0 Å². The molecule has 3 aromatic rings. The zero-order chi connectivity index (χ0) is 17.8. The van der Waals surface area contributed by atoms with Gasteiger partial charge in [0.05, 0.1) is 11.8 Å². The number of amides is 1. The van der Waals surface area contributed by atoms with Gasteiger partial charge in [-0.05, 0) is 44.5 Å². The van der Waals surface area contributed by atoms with Gasteiger partial charge in [-0.1, -0.05) is 48.0 Å². The van der Waals surface area contributed by atoms with Crippen LogP contribution in [0, 0.1) is 20.8 Å². The maximum absolute atomic E-state index is 12.5. The van der Waals surface area contributed by atoms with E-state index < -0.39 is 0 Å². The number of nitrogens with one attached hydrogen (secondary N) is 1. The van der Waals surface area contributed by atoms with Crippen molar-refractivity contribution in [2.24, 2.45) is 5.10 Å². The number of carbonyl (C=O) groups is 1. The summed E-state index contributed by atoms with van der Waals surface area (Å²) in [6.45, 7) is 5.96. The molecular weight excluding hydrogens is 310 g/mol. The number of hydrogen-bond donors (Lipinski definition) is 1. The normalized spacial score (nSPS) is 11.0. The molecule has 0 aliphatic carbocycles. The molecule has 0 saturated heterocycles. The molecule has 0 unspecified atom stereocenters. The molecule has 0 bridgehead atoms. The summed E-state index contributed by atoms with van der Waals surface area (Å²) in [6.07, 6.45) is 1.65. The minimum Gasteiger partial charge on any atom is -0.318 e. The molecule has 126 valence electrons. The molecule has 0 spiro atoms. The highest BCUT2D eigenvalue weighted by molar-refractivity contribution is 5.96. The zero-order valence-corrected chi connectivity index (χ0v) is 14.7. The number of benzene rings is 2. The molecule has 1 heterocycles. The second-order valence-corrected chi connectivity index (χ2v) is 6.07. The smallest absolute Gasteiger partial charge is 0.273 e. The Balaban J connectivity index is 1.79. The van der Waals surface area contributed by atoms with Crippen LogP contribution in [0.3, 0.4) is 0 Å². The molecule has 4 nitrogen and oxygen atoms in total. The molecule has 1 amide bonds. The van der Waals surface area contributed by atoms with E-state index in [1.807, 2.05) is 81.4 Å². The van der Waals surface area contributed by atoms with Gasteiger partial charge in [-0.25, -0.2) is 5.43 Å². The molecule has 0 radical (unpaired) electrons. The molecule has 4 heteroatoms. The third-order valence-corrected chi connectivity index (χ3v) is 4.11. The summed E-state index contributed by atoms with van der Waals surface area (Å²) >= 11 is 0. The Bertz CT molecular complexity index is 924. The van der Waals surface area contributed by atoms with Crippen molar-refractivity contribution in [2.75, 3.05) is 0 Å². The van der Waals surface area contributed by atoms with Gasteiger partial charge in [0.2, 0.25) is 0 Å². The monoisotopic (exact) mass is 331 g/mol. The lowest BCUT2D eigenvalue weighted by Gasteiger charge is -2.09. The van der Waals surface area contributed by atoms with Crippen molar-refractivity contribution in [2.45, 2.75) is 20.8 Å². The lowest BCUT2D eigenvalue weighted by atomic mass is 10.2. The van der Waals surface area contributed by atoms with E-state index in [2.05, 4.69) is 15.1 Å². The molecule has 0 aliphatic rings. The molecule has 0 aliphatic heterocycles. The Morgan fingerprint density at radius 3 is 2.48 bits per heavy atom. The van der Waals surface area contributed by atoms with Crippen molar-refractivity contribution in [3.63, 3.8) is 0 Å². The van der Waals surface area contributed by atoms with E-state index in [1.54, 1.807) is 6.21 Å². The largest absolute Gasteiger partial charge is 0.318 e. The van der Waals surface area contributed by atoms with Crippen LogP contribution in [-0.4, -0.2) is 16.7 Å². The van der Waals surface area contributed by atoms with E-state index in [1.165, 1.54) is 0 Å². The van der Waals surface area contributed by atoms with Crippen molar-refractivity contribution < 1.29 is 4.79 Å². The highest BCUT2D eigenvalue weighted by Crippen LogP contribution is 2.20. The van der Waals surface area contributed by atoms with Gasteiger partial charge in [0.25, 0.3) is 5.91 Å². The average Bonchev–Trinajstić information content (AvgIpc) is 2.90. The van der Waals surface area contributed by atoms with E-state index in [0.717, 1.165) is 28.2 Å². The number of aromatic nitrogens is 1. The lowest BCUT2D eigenvalue weighted by Crippen LogP contribution is -2.18. The topological polar surface area (TPSA) is 46.4 Å². The first-order chi connectivity index (χ1) is 12.1. The second kappa shape index (κ2) is 7.18. The predicted octanol–water partition coefficient (Wildman–Crippen LogP) is 4.17. The number of aryl methyl sites for hydroxylation is 2. The van der Waals surface area contributed by atoms with Gasteiger partial charge in [-0.3, -0.25) is 4.79 Å². The van der Waals surface area contributed by atoms with Gasteiger partial charge in [-0.2, -0.15) is 5.10 Å². The minimum atomic E-state index is -0.209. The summed E-state index contributed by atoms with van der Waals surface area (Å²) in [4.78, 5) is 12.5. The average molecular weight is 331 g/mol. The van der Waals surface area contributed by atoms with Crippen molar-refractivity contribution in [1.29, 1.82) is 0 Å². The Morgan fingerprint density at radius 1 is 1.00 bits per heavy atom. The molecule has 2 aromatic carbocycles. The van der Waals surface area contributed by atoms with Crippen molar-refractivity contribution in [3.05, 3.63) is 88.7 Å². The van der Waals surface area contributed by atoms with Gasteiger partial charge < -0.3 is 4.57 Å². The molecule has 1 N–H and O–H groups in total. The van der Waals surface area contributed by atoms with Crippen molar-refractivity contribution in [3.8, 4) is 5.69 Å². The summed E-state index contributed by atoms with van der Waals surface area (Å²) in [7, 11) is 0. The van der Waals surface area contributed by atoms with Crippen LogP contribution >= 0.6 is 0 Å². The summed E-state index contributed by atoms with van der Waals surface area (Å²) in [6, 6.07) is 19.8. The molecule has 3 rings (SSSR count). The molecular formula is C21H21N3O. The highest BCUT2D eigenvalue weighted by Gasteiger charge is 2.16. The van der Waals surface area contributed by atoms with Crippen LogP contribution in [0.2, 0.25) is 0 Å². The van der Waals surface area contributed by atoms with Crippen LogP contribution in [0.1, 0.15) is 32.9 Å². The summed E-state index contributed by atoms with van der Waals surface area (Å²) < 4.78 is 2.07. The van der Waals surface area contributed by atoms with Crippen LogP contribution in [-0.2, 0) is 0 Å². The summed E-state index contributed by atoms with van der Waals surface area (Å²) in [5, 5.41) is 4.08. The van der Waals surface area contributed by atoms with Gasteiger partial charge in [0, 0.05) is 17.1 Å². The first-order valence-corrected chi connectivity index (χ1v) is 8.20. The van der Waals surface area contributed by atoms with Gasteiger partial charge >= 0.3 is 0 Å². The summed E-state index contributed by atoms with van der Waals surface area (Å²) in [5.41, 5.74) is 8.30. The minimum absolute atomic E-state index is 0.209. The highest BCUT2D eigenvalue weighted by atomic mass is 16.2. The Morgan fingerprint density at radius 2 is 1.76 bits per heavy atom. The third kappa shape index (κ3) is 3.69. The Labute approximate surface area is 147 Å². The molecule has 0 atom stereocenters. The molecule has 0 saturated carbocycles. The van der Waals surface area contributed by atoms with E-state index in [4.69, 9.17) is 0 Å². The Hall–Kier alpha value is -3.14. The van der Waals surface area contributed by atoms with E-state index >= 15 is 0 Å². The number of hydrogen-bond acceptors (Lipinski definition) is 2. The lowest BCUT2D eigenvalue weighted by molar-refractivity contribution is 0.0954. The fourth-order valence-corrected chi connectivity index (χ4v) is 2.94.